The summed E-state index contributed by atoms with van der Waals surface area (Å²) in [5.74, 6) is -0.689. The molecule has 20 heavy (non-hydrogen) atoms. The van der Waals surface area contributed by atoms with E-state index in [2.05, 4.69) is 26.0 Å². The number of nitrogens with one attached hydrogen (secondary N) is 1. The maximum absolute atomic E-state index is 12.0. The predicted molar refractivity (Wildman–Crippen MR) is 74.2 cm³/mol. The zero-order valence-electron chi connectivity index (χ0n) is 10.4. The average molecular weight is 359 g/mol. The summed E-state index contributed by atoms with van der Waals surface area (Å²) < 4.78 is 28.0. The fourth-order valence-corrected chi connectivity index (χ4v) is 3.04. The van der Waals surface area contributed by atoms with Crippen molar-refractivity contribution in [2.45, 2.75) is 18.5 Å². The van der Waals surface area contributed by atoms with E-state index in [1.54, 1.807) is 25.3 Å². The molecule has 2 aromatic rings. The normalized spacial score (nSPS) is 11.3. The molecule has 9 heteroatoms. The maximum Gasteiger partial charge on any atom is 0.281 e. The first-order valence-electron chi connectivity index (χ1n) is 5.54. The van der Waals surface area contributed by atoms with Crippen molar-refractivity contribution in [2.24, 2.45) is 0 Å². The van der Waals surface area contributed by atoms with E-state index >= 15 is 0 Å². The molecule has 0 aliphatic heterocycles. The zero-order chi connectivity index (χ0) is 14.8. The van der Waals surface area contributed by atoms with Crippen LogP contribution in [0.4, 0.5) is 0 Å². The highest BCUT2D eigenvalue weighted by Crippen LogP contribution is 2.10. The SMILES string of the molecule is Cc1cccnc1S(=O)(=O)NC(=O)Cn1cc(Br)cn1. The summed E-state index contributed by atoms with van der Waals surface area (Å²) in [7, 11) is -3.97. The van der Waals surface area contributed by atoms with Gasteiger partial charge in [0.05, 0.1) is 10.7 Å². The molecule has 0 aliphatic carbocycles. The lowest BCUT2D eigenvalue weighted by molar-refractivity contribution is -0.120. The molecule has 1 N–H and O–H groups in total. The van der Waals surface area contributed by atoms with Gasteiger partial charge in [0.15, 0.2) is 5.03 Å². The number of carbonyl (C=O) groups excluding carboxylic acids is 1. The van der Waals surface area contributed by atoms with E-state index in [1.165, 1.54) is 17.1 Å². The number of aromatic nitrogens is 3. The van der Waals surface area contributed by atoms with Crippen LogP contribution in [0.5, 0.6) is 0 Å². The number of pyridine rings is 1. The van der Waals surface area contributed by atoms with Crippen molar-refractivity contribution in [3.63, 3.8) is 0 Å². The molecule has 1 amide bonds. The monoisotopic (exact) mass is 358 g/mol. The molecular formula is C11H11BrN4O3S. The molecule has 0 unspecified atom stereocenters. The molecule has 0 fully saturated rings. The van der Waals surface area contributed by atoms with Crippen LogP contribution in [0.15, 0.2) is 40.2 Å². The van der Waals surface area contributed by atoms with Crippen LogP contribution < -0.4 is 4.72 Å². The van der Waals surface area contributed by atoms with Gasteiger partial charge in [0, 0.05) is 12.4 Å². The molecule has 0 spiro atoms. The number of nitrogens with zero attached hydrogens (tertiary/aromatic N) is 3. The third kappa shape index (κ3) is 3.42. The van der Waals surface area contributed by atoms with E-state index < -0.39 is 15.9 Å². The molecule has 2 rings (SSSR count). The number of halogens is 1. The summed E-state index contributed by atoms with van der Waals surface area (Å²) in [5.41, 5.74) is 0.467. The Morgan fingerprint density at radius 1 is 1.50 bits per heavy atom. The lowest BCUT2D eigenvalue weighted by Gasteiger charge is -2.08. The Labute approximate surface area is 124 Å². The van der Waals surface area contributed by atoms with E-state index in [-0.39, 0.29) is 11.6 Å². The first-order valence-corrected chi connectivity index (χ1v) is 7.81. The molecule has 2 heterocycles. The number of aryl methyl sites for hydroxylation is 1. The number of amides is 1. The zero-order valence-corrected chi connectivity index (χ0v) is 12.8. The second-order valence-corrected chi connectivity index (χ2v) is 6.52. The van der Waals surface area contributed by atoms with E-state index in [1.807, 2.05) is 4.72 Å². The quantitative estimate of drug-likeness (QED) is 0.874. The van der Waals surface area contributed by atoms with Gasteiger partial charge in [0.1, 0.15) is 6.54 Å². The highest BCUT2D eigenvalue weighted by molar-refractivity contribution is 9.10. The van der Waals surface area contributed by atoms with E-state index in [0.717, 1.165) is 0 Å². The summed E-state index contributed by atoms with van der Waals surface area (Å²) in [4.78, 5) is 15.5. The molecule has 0 saturated heterocycles. The van der Waals surface area contributed by atoms with E-state index in [4.69, 9.17) is 0 Å². The van der Waals surface area contributed by atoms with Gasteiger partial charge in [-0.2, -0.15) is 13.5 Å². The summed E-state index contributed by atoms with van der Waals surface area (Å²) in [5, 5.41) is 3.72. The maximum atomic E-state index is 12.0. The Balaban J connectivity index is 2.13. The first-order chi connectivity index (χ1) is 9.38. The Morgan fingerprint density at radius 2 is 2.25 bits per heavy atom. The van der Waals surface area contributed by atoms with Crippen molar-refractivity contribution in [1.82, 2.24) is 19.5 Å². The van der Waals surface area contributed by atoms with Crippen LogP contribution in [0.1, 0.15) is 5.56 Å². The lowest BCUT2D eigenvalue weighted by atomic mass is 10.3. The van der Waals surface area contributed by atoms with Crippen molar-refractivity contribution < 1.29 is 13.2 Å². The fourth-order valence-electron chi connectivity index (χ4n) is 1.55. The van der Waals surface area contributed by atoms with Crippen molar-refractivity contribution in [2.75, 3.05) is 0 Å². The van der Waals surface area contributed by atoms with Gasteiger partial charge in [0.2, 0.25) is 0 Å². The van der Waals surface area contributed by atoms with Crippen LogP contribution >= 0.6 is 15.9 Å². The van der Waals surface area contributed by atoms with E-state index in [9.17, 15) is 13.2 Å². The van der Waals surface area contributed by atoms with Gasteiger partial charge < -0.3 is 0 Å². The molecule has 2 aromatic heterocycles. The first kappa shape index (κ1) is 14.7. The Morgan fingerprint density at radius 3 is 2.85 bits per heavy atom. The number of hydrogen-bond donors (Lipinski definition) is 1. The minimum atomic E-state index is -3.97. The average Bonchev–Trinajstić information content (AvgIpc) is 2.74. The van der Waals surface area contributed by atoms with Gasteiger partial charge in [-0.25, -0.2) is 9.71 Å². The lowest BCUT2D eigenvalue weighted by Crippen LogP contribution is -2.34. The minimum absolute atomic E-state index is 0.157. The van der Waals surface area contributed by atoms with Crippen LogP contribution in [0, 0.1) is 6.92 Å². The predicted octanol–water partition coefficient (Wildman–Crippen LogP) is 0.854. The topological polar surface area (TPSA) is 94.0 Å². The third-order valence-electron chi connectivity index (χ3n) is 2.37. The van der Waals surface area contributed by atoms with Crippen LogP contribution in [0.3, 0.4) is 0 Å². The van der Waals surface area contributed by atoms with Crippen LogP contribution in [-0.4, -0.2) is 29.1 Å². The van der Waals surface area contributed by atoms with Crippen molar-refractivity contribution in [1.29, 1.82) is 0 Å². The highest BCUT2D eigenvalue weighted by atomic mass is 79.9. The Kier molecular flexibility index (Phi) is 4.19. The van der Waals surface area contributed by atoms with Gasteiger partial charge in [-0.1, -0.05) is 6.07 Å². The largest absolute Gasteiger partial charge is 0.281 e. The molecule has 0 radical (unpaired) electrons. The number of hydrogen-bond acceptors (Lipinski definition) is 5. The molecule has 0 saturated carbocycles. The second kappa shape index (κ2) is 5.71. The number of carbonyl (C=O) groups is 1. The molecule has 7 nitrogen and oxygen atoms in total. The summed E-state index contributed by atoms with van der Waals surface area (Å²) in [6.45, 7) is 1.41. The van der Waals surface area contributed by atoms with Crippen molar-refractivity contribution in [3.05, 3.63) is 40.8 Å². The molecule has 106 valence electrons. The highest BCUT2D eigenvalue weighted by Gasteiger charge is 2.21. The molecule has 0 aromatic carbocycles. The number of rotatable bonds is 4. The second-order valence-electron chi connectivity index (χ2n) is 4.01. The standard InChI is InChI=1S/C11H11BrN4O3S/c1-8-3-2-4-13-11(8)20(18,19)15-10(17)7-16-6-9(12)5-14-16/h2-6H,7H2,1H3,(H,15,17). The van der Waals surface area contributed by atoms with Crippen LogP contribution in [0.25, 0.3) is 0 Å². The van der Waals surface area contributed by atoms with Crippen LogP contribution in [0.2, 0.25) is 0 Å². The summed E-state index contributed by atoms with van der Waals surface area (Å²) in [6, 6.07) is 3.23. The van der Waals surface area contributed by atoms with Crippen molar-refractivity contribution in [3.8, 4) is 0 Å². The van der Waals surface area contributed by atoms with Gasteiger partial charge in [-0.3, -0.25) is 9.48 Å². The smallest absolute Gasteiger partial charge is 0.272 e. The molecule has 0 atom stereocenters. The molecule has 0 bridgehead atoms. The third-order valence-corrected chi connectivity index (χ3v) is 4.21. The molecular weight excluding hydrogens is 348 g/mol. The van der Waals surface area contributed by atoms with Gasteiger partial charge in [-0.05, 0) is 34.5 Å². The van der Waals surface area contributed by atoms with E-state index in [0.29, 0.717) is 10.0 Å². The summed E-state index contributed by atoms with van der Waals surface area (Å²) in [6.07, 6.45) is 4.43. The fraction of sp³-hybridized carbons (Fsp3) is 0.182. The summed E-state index contributed by atoms with van der Waals surface area (Å²) >= 11 is 3.19. The van der Waals surface area contributed by atoms with Crippen LogP contribution in [-0.2, 0) is 21.4 Å². The molecule has 0 aliphatic rings. The number of sulfonamides is 1. The Bertz CT molecular complexity index is 742. The van der Waals surface area contributed by atoms with Crippen molar-refractivity contribution >= 4 is 31.9 Å². The van der Waals surface area contributed by atoms with Gasteiger partial charge in [-0.15, -0.1) is 0 Å². The van der Waals surface area contributed by atoms with Gasteiger partial charge >= 0.3 is 0 Å². The minimum Gasteiger partial charge on any atom is -0.272 e. The Hall–Kier alpha value is -1.74. The van der Waals surface area contributed by atoms with Gasteiger partial charge in [0.25, 0.3) is 15.9 Å².